The zero-order valence-corrected chi connectivity index (χ0v) is 13.6. The Balaban J connectivity index is 1.65. The lowest BCUT2D eigenvalue weighted by Crippen LogP contribution is -2.38. The SMILES string of the molecule is O=C(CCSc1ccccc1Cl)NC1CCC(CO)CC1. The molecule has 1 aliphatic rings. The molecule has 1 aromatic rings. The molecule has 0 saturated heterocycles. The predicted octanol–water partition coefficient (Wildman–Crippen LogP) is 3.49. The van der Waals surface area contributed by atoms with Gasteiger partial charge in [0.1, 0.15) is 0 Å². The Labute approximate surface area is 135 Å². The number of hydrogen-bond acceptors (Lipinski definition) is 3. The number of hydrogen-bond donors (Lipinski definition) is 2. The van der Waals surface area contributed by atoms with E-state index in [1.54, 1.807) is 11.8 Å². The van der Waals surface area contributed by atoms with Crippen LogP contribution >= 0.6 is 23.4 Å². The highest BCUT2D eigenvalue weighted by Gasteiger charge is 2.21. The number of thioether (sulfide) groups is 1. The van der Waals surface area contributed by atoms with E-state index < -0.39 is 0 Å². The van der Waals surface area contributed by atoms with Crippen LogP contribution in [0.25, 0.3) is 0 Å². The first-order chi connectivity index (χ1) is 10.2. The number of benzene rings is 1. The number of aliphatic hydroxyl groups excluding tert-OH is 1. The topological polar surface area (TPSA) is 49.3 Å². The molecule has 0 aliphatic heterocycles. The van der Waals surface area contributed by atoms with Gasteiger partial charge in [-0.2, -0.15) is 0 Å². The van der Waals surface area contributed by atoms with Gasteiger partial charge in [0.25, 0.3) is 0 Å². The predicted molar refractivity (Wildman–Crippen MR) is 87.8 cm³/mol. The van der Waals surface area contributed by atoms with Crippen molar-refractivity contribution < 1.29 is 9.90 Å². The summed E-state index contributed by atoms with van der Waals surface area (Å²) in [6.07, 6.45) is 4.49. The van der Waals surface area contributed by atoms with Gasteiger partial charge in [-0.05, 0) is 43.7 Å². The van der Waals surface area contributed by atoms with Crippen LogP contribution in [0.1, 0.15) is 32.1 Å². The van der Waals surface area contributed by atoms with Crippen LogP contribution in [-0.2, 0) is 4.79 Å². The molecule has 1 aromatic carbocycles. The van der Waals surface area contributed by atoms with Crippen molar-refractivity contribution in [2.45, 2.75) is 43.0 Å². The molecule has 3 nitrogen and oxygen atoms in total. The van der Waals surface area contributed by atoms with Gasteiger partial charge in [0, 0.05) is 29.7 Å². The third-order valence-electron chi connectivity index (χ3n) is 3.89. The molecule has 2 rings (SSSR count). The molecule has 0 bridgehead atoms. The van der Waals surface area contributed by atoms with Crippen molar-refractivity contribution >= 4 is 29.3 Å². The van der Waals surface area contributed by atoms with Gasteiger partial charge < -0.3 is 10.4 Å². The fourth-order valence-corrected chi connectivity index (χ4v) is 3.79. The Hall–Kier alpha value is -0.710. The monoisotopic (exact) mass is 327 g/mol. The molecule has 1 fully saturated rings. The van der Waals surface area contributed by atoms with Gasteiger partial charge in [-0.15, -0.1) is 11.8 Å². The first-order valence-corrected chi connectivity index (χ1v) is 8.83. The Bertz CT molecular complexity index is 461. The second-order valence-corrected chi connectivity index (χ2v) is 7.04. The average molecular weight is 328 g/mol. The number of carbonyl (C=O) groups is 1. The molecule has 116 valence electrons. The van der Waals surface area contributed by atoms with Gasteiger partial charge in [0.2, 0.25) is 5.91 Å². The molecule has 0 unspecified atom stereocenters. The summed E-state index contributed by atoms with van der Waals surface area (Å²) in [5.41, 5.74) is 0. The summed E-state index contributed by atoms with van der Waals surface area (Å²) in [5.74, 6) is 1.28. The van der Waals surface area contributed by atoms with Gasteiger partial charge >= 0.3 is 0 Å². The van der Waals surface area contributed by atoms with Crippen molar-refractivity contribution in [2.24, 2.45) is 5.92 Å². The minimum atomic E-state index is 0.113. The first kappa shape index (κ1) is 16.7. The third-order valence-corrected chi connectivity index (χ3v) is 5.41. The Morgan fingerprint density at radius 2 is 2.00 bits per heavy atom. The van der Waals surface area contributed by atoms with Crippen LogP contribution in [0.3, 0.4) is 0 Å². The van der Waals surface area contributed by atoms with Crippen LogP contribution in [0.4, 0.5) is 0 Å². The van der Waals surface area contributed by atoms with E-state index in [2.05, 4.69) is 5.32 Å². The number of carbonyl (C=O) groups excluding carboxylic acids is 1. The van der Waals surface area contributed by atoms with Gasteiger partial charge in [0.15, 0.2) is 0 Å². The van der Waals surface area contributed by atoms with Crippen molar-refractivity contribution in [3.8, 4) is 0 Å². The normalized spacial score (nSPS) is 22.0. The van der Waals surface area contributed by atoms with E-state index in [0.717, 1.165) is 41.4 Å². The van der Waals surface area contributed by atoms with Crippen molar-refractivity contribution in [3.05, 3.63) is 29.3 Å². The van der Waals surface area contributed by atoms with Crippen LogP contribution < -0.4 is 5.32 Å². The molecule has 2 N–H and O–H groups in total. The van der Waals surface area contributed by atoms with Crippen molar-refractivity contribution in [1.82, 2.24) is 5.32 Å². The standard InChI is InChI=1S/C16H22ClNO2S/c17-14-3-1-2-4-15(14)21-10-9-16(20)18-13-7-5-12(11-19)6-8-13/h1-4,12-13,19H,5-11H2,(H,18,20). The molecule has 0 spiro atoms. The van der Waals surface area contributed by atoms with Gasteiger partial charge in [-0.3, -0.25) is 4.79 Å². The summed E-state index contributed by atoms with van der Waals surface area (Å²) in [6.45, 7) is 0.273. The Kier molecular flexibility index (Phi) is 6.87. The Morgan fingerprint density at radius 1 is 1.29 bits per heavy atom. The average Bonchev–Trinajstić information content (AvgIpc) is 2.50. The largest absolute Gasteiger partial charge is 0.396 e. The number of aliphatic hydroxyl groups is 1. The number of halogens is 1. The highest BCUT2D eigenvalue weighted by Crippen LogP contribution is 2.27. The number of nitrogens with one attached hydrogen (secondary N) is 1. The maximum atomic E-state index is 11.9. The van der Waals surface area contributed by atoms with E-state index >= 15 is 0 Å². The molecule has 0 atom stereocenters. The van der Waals surface area contributed by atoms with E-state index in [1.807, 2.05) is 24.3 Å². The Morgan fingerprint density at radius 3 is 2.67 bits per heavy atom. The van der Waals surface area contributed by atoms with Gasteiger partial charge in [-0.25, -0.2) is 0 Å². The minimum Gasteiger partial charge on any atom is -0.396 e. The summed E-state index contributed by atoms with van der Waals surface area (Å²) >= 11 is 7.70. The second kappa shape index (κ2) is 8.66. The van der Waals surface area contributed by atoms with E-state index in [0.29, 0.717) is 12.3 Å². The fourth-order valence-electron chi connectivity index (χ4n) is 2.60. The lowest BCUT2D eigenvalue weighted by Gasteiger charge is -2.27. The van der Waals surface area contributed by atoms with Crippen LogP contribution in [0.5, 0.6) is 0 Å². The molecular weight excluding hydrogens is 306 g/mol. The zero-order valence-electron chi connectivity index (χ0n) is 12.1. The number of amides is 1. The van der Waals surface area contributed by atoms with Crippen LogP contribution in [0.2, 0.25) is 5.02 Å². The van der Waals surface area contributed by atoms with Gasteiger partial charge in [-0.1, -0.05) is 23.7 Å². The molecule has 21 heavy (non-hydrogen) atoms. The second-order valence-electron chi connectivity index (χ2n) is 5.50. The summed E-state index contributed by atoms with van der Waals surface area (Å²) in [5, 5.41) is 12.9. The zero-order chi connectivity index (χ0) is 15.1. The van der Waals surface area contributed by atoms with Crippen LogP contribution in [-0.4, -0.2) is 29.4 Å². The quantitative estimate of drug-likeness (QED) is 0.786. The molecule has 1 saturated carbocycles. The van der Waals surface area contributed by atoms with Crippen LogP contribution in [0, 0.1) is 5.92 Å². The molecule has 0 radical (unpaired) electrons. The van der Waals surface area contributed by atoms with Crippen LogP contribution in [0.15, 0.2) is 29.2 Å². The third kappa shape index (κ3) is 5.53. The highest BCUT2D eigenvalue weighted by molar-refractivity contribution is 7.99. The molecule has 5 heteroatoms. The molecular formula is C16H22ClNO2S. The molecule has 0 aromatic heterocycles. The number of rotatable bonds is 6. The van der Waals surface area contributed by atoms with E-state index in [1.165, 1.54) is 0 Å². The minimum absolute atomic E-state index is 0.113. The maximum Gasteiger partial charge on any atom is 0.221 e. The van der Waals surface area contributed by atoms with E-state index in [4.69, 9.17) is 16.7 Å². The maximum absolute atomic E-state index is 11.9. The lowest BCUT2D eigenvalue weighted by molar-refractivity contribution is -0.121. The van der Waals surface area contributed by atoms with E-state index in [-0.39, 0.29) is 18.6 Å². The van der Waals surface area contributed by atoms with Crippen molar-refractivity contribution in [3.63, 3.8) is 0 Å². The molecule has 1 aliphatic carbocycles. The fraction of sp³-hybridized carbons (Fsp3) is 0.562. The first-order valence-electron chi connectivity index (χ1n) is 7.46. The summed E-state index contributed by atoms with van der Waals surface area (Å²) in [4.78, 5) is 13.0. The van der Waals surface area contributed by atoms with E-state index in [9.17, 15) is 4.79 Å². The van der Waals surface area contributed by atoms with Crippen molar-refractivity contribution in [2.75, 3.05) is 12.4 Å². The molecule has 0 heterocycles. The summed E-state index contributed by atoms with van der Waals surface area (Å²) in [7, 11) is 0. The summed E-state index contributed by atoms with van der Waals surface area (Å²) in [6, 6.07) is 7.98. The van der Waals surface area contributed by atoms with Crippen molar-refractivity contribution in [1.29, 1.82) is 0 Å². The lowest BCUT2D eigenvalue weighted by atomic mass is 9.86. The van der Waals surface area contributed by atoms with Gasteiger partial charge in [0.05, 0.1) is 5.02 Å². The summed E-state index contributed by atoms with van der Waals surface area (Å²) < 4.78 is 0. The smallest absolute Gasteiger partial charge is 0.221 e. The highest BCUT2D eigenvalue weighted by atomic mass is 35.5. The molecule has 1 amide bonds.